The summed E-state index contributed by atoms with van der Waals surface area (Å²) in [5.74, 6) is 0. The summed E-state index contributed by atoms with van der Waals surface area (Å²) in [5, 5.41) is 3.97. The van der Waals surface area contributed by atoms with Crippen molar-refractivity contribution in [3.8, 4) is 0 Å². The van der Waals surface area contributed by atoms with Crippen LogP contribution in [0.15, 0.2) is 41.3 Å². The van der Waals surface area contributed by atoms with Crippen molar-refractivity contribution in [3.63, 3.8) is 0 Å². The fourth-order valence-electron chi connectivity index (χ4n) is 3.83. The van der Waals surface area contributed by atoms with Crippen LogP contribution in [-0.4, -0.2) is 54.6 Å². The molecule has 2 N–H and O–H groups in total. The Morgan fingerprint density at radius 3 is 2.89 bits per heavy atom. The molecule has 1 aromatic carbocycles. The van der Waals surface area contributed by atoms with E-state index in [0.717, 1.165) is 12.5 Å². The first-order valence-electron chi connectivity index (χ1n) is 8.45. The summed E-state index contributed by atoms with van der Waals surface area (Å²) in [5.41, 5.74) is -1.23. The van der Waals surface area contributed by atoms with Crippen LogP contribution >= 0.6 is 7.75 Å². The van der Waals surface area contributed by atoms with Gasteiger partial charge in [0.25, 0.3) is 5.56 Å². The minimum atomic E-state index is -4.05. The van der Waals surface area contributed by atoms with Crippen molar-refractivity contribution in [3.05, 3.63) is 46.9 Å². The average molecular weight is 396 g/mol. The number of pyridine rings is 1. The first kappa shape index (κ1) is 18.8. The molecule has 1 unspecified atom stereocenters. The molecule has 0 amide bonds. The van der Waals surface area contributed by atoms with Gasteiger partial charge in [-0.3, -0.25) is 9.36 Å². The van der Waals surface area contributed by atoms with Crippen LogP contribution in [0.3, 0.4) is 0 Å². The Balaban J connectivity index is 1.75. The van der Waals surface area contributed by atoms with E-state index in [1.54, 1.807) is 18.3 Å². The zero-order chi connectivity index (χ0) is 19.2. The number of ether oxygens (including phenoxy) is 3. The molecule has 0 radical (unpaired) electrons. The van der Waals surface area contributed by atoms with Gasteiger partial charge in [-0.05, 0) is 17.5 Å². The maximum atomic E-state index is 12.9. The van der Waals surface area contributed by atoms with Gasteiger partial charge in [0, 0.05) is 25.8 Å². The largest absolute Gasteiger partial charge is 0.403 e. The van der Waals surface area contributed by atoms with E-state index in [9.17, 15) is 14.3 Å². The van der Waals surface area contributed by atoms with Crippen LogP contribution in [0.2, 0.25) is 0 Å². The van der Waals surface area contributed by atoms with E-state index in [1.807, 2.05) is 18.2 Å². The molecule has 1 aromatic heterocycles. The highest BCUT2D eigenvalue weighted by Gasteiger charge is 2.63. The Morgan fingerprint density at radius 1 is 1.37 bits per heavy atom. The van der Waals surface area contributed by atoms with Crippen molar-refractivity contribution in [2.45, 2.75) is 24.0 Å². The van der Waals surface area contributed by atoms with Crippen LogP contribution in [0, 0.1) is 0 Å². The molecular formula is C17H21N2O7P. The van der Waals surface area contributed by atoms with Crippen LogP contribution in [-0.2, 0) is 23.3 Å². The molecule has 2 saturated heterocycles. The molecule has 2 fully saturated rings. The number of hydrogen-bond acceptors (Lipinski definition) is 6. The summed E-state index contributed by atoms with van der Waals surface area (Å²) >= 11 is 0. The first-order chi connectivity index (χ1) is 12.9. The molecule has 4 rings (SSSR count). The number of hydrogen-bond donors (Lipinski definition) is 2. The monoisotopic (exact) mass is 396 g/mol. The maximum absolute atomic E-state index is 12.9. The summed E-state index contributed by atoms with van der Waals surface area (Å²) in [6, 6.07) is 8.40. The van der Waals surface area contributed by atoms with E-state index in [1.165, 1.54) is 11.7 Å². The molecule has 10 heteroatoms. The van der Waals surface area contributed by atoms with Gasteiger partial charge in [0.05, 0.1) is 19.3 Å². The van der Waals surface area contributed by atoms with Gasteiger partial charge in [-0.15, -0.1) is 0 Å². The smallest absolute Gasteiger partial charge is 0.382 e. The van der Waals surface area contributed by atoms with Gasteiger partial charge in [-0.25, -0.2) is 9.65 Å². The number of nitrogens with one attached hydrogen (secondary N) is 1. The van der Waals surface area contributed by atoms with E-state index >= 15 is 0 Å². The summed E-state index contributed by atoms with van der Waals surface area (Å²) in [6.07, 6.45) is 0.223. The minimum Gasteiger partial charge on any atom is -0.382 e. The van der Waals surface area contributed by atoms with Gasteiger partial charge in [0.1, 0.15) is 11.7 Å². The molecule has 2 aliphatic rings. The average Bonchev–Trinajstić information content (AvgIpc) is 3.13. The molecule has 2 aromatic rings. The van der Waals surface area contributed by atoms with Gasteiger partial charge in [-0.2, -0.15) is 0 Å². The molecule has 0 spiro atoms. The summed E-state index contributed by atoms with van der Waals surface area (Å²) in [7, 11) is -1.40. The summed E-state index contributed by atoms with van der Waals surface area (Å²) in [6.45, 7) is 0.301. The van der Waals surface area contributed by atoms with Crippen LogP contribution in [0.1, 0.15) is 6.23 Å². The van der Waals surface area contributed by atoms with E-state index in [2.05, 4.69) is 9.61 Å². The molecule has 146 valence electrons. The standard InChI is InChI=1S/C17H21N2O7P/c1-23-9-17-10-25-13(14(17)18-27(21,22)24-2)16(26-17)19-8-7-11-5-3-4-6-12(11)15(19)20/h3-8,13-14,16H,9-10H2,1-2H3,(H2,18,21,22)/t13-,14+,16-,17+/m1/s1. The molecule has 9 nitrogen and oxygen atoms in total. The fourth-order valence-corrected chi connectivity index (χ4v) is 4.67. The Kier molecular flexibility index (Phi) is 4.72. The van der Waals surface area contributed by atoms with Crippen LogP contribution in [0.5, 0.6) is 0 Å². The van der Waals surface area contributed by atoms with Crippen LogP contribution in [0.4, 0.5) is 0 Å². The van der Waals surface area contributed by atoms with Crippen molar-refractivity contribution in [1.29, 1.82) is 0 Å². The number of fused-ring (bicyclic) bond motifs is 3. The molecule has 27 heavy (non-hydrogen) atoms. The van der Waals surface area contributed by atoms with E-state index in [0.29, 0.717) is 5.39 Å². The third-order valence-electron chi connectivity index (χ3n) is 5.10. The van der Waals surface area contributed by atoms with Crippen molar-refractivity contribution in [2.75, 3.05) is 27.4 Å². The lowest BCUT2D eigenvalue weighted by Crippen LogP contribution is -2.50. The Hall–Kier alpha value is -1.58. The van der Waals surface area contributed by atoms with Gasteiger partial charge in [0.15, 0.2) is 6.23 Å². The van der Waals surface area contributed by atoms with Crippen molar-refractivity contribution < 1.29 is 28.2 Å². The van der Waals surface area contributed by atoms with Crippen LogP contribution < -0.4 is 10.6 Å². The lowest BCUT2D eigenvalue weighted by atomic mass is 9.98. The highest BCUT2D eigenvalue weighted by atomic mass is 31.2. The third kappa shape index (κ3) is 3.05. The van der Waals surface area contributed by atoms with Gasteiger partial charge in [0.2, 0.25) is 0 Å². The van der Waals surface area contributed by atoms with Crippen molar-refractivity contribution in [2.24, 2.45) is 0 Å². The van der Waals surface area contributed by atoms with Crippen molar-refractivity contribution in [1.82, 2.24) is 9.65 Å². The second-order valence-corrected chi connectivity index (χ2v) is 8.37. The molecule has 2 bridgehead atoms. The molecular weight excluding hydrogens is 375 g/mol. The predicted octanol–water partition coefficient (Wildman–Crippen LogP) is 1.02. The number of benzene rings is 1. The number of rotatable bonds is 6. The Bertz CT molecular complexity index is 964. The number of aromatic nitrogens is 1. The van der Waals surface area contributed by atoms with E-state index in [4.69, 9.17) is 14.2 Å². The molecule has 0 saturated carbocycles. The summed E-state index contributed by atoms with van der Waals surface area (Å²) < 4.78 is 35.5. The number of methoxy groups -OCH3 is 1. The fraction of sp³-hybridized carbons (Fsp3) is 0.471. The normalized spacial score (nSPS) is 32.0. The lowest BCUT2D eigenvalue weighted by Gasteiger charge is -2.31. The lowest BCUT2D eigenvalue weighted by molar-refractivity contribution is -0.188. The summed E-state index contributed by atoms with van der Waals surface area (Å²) in [4.78, 5) is 22.8. The second-order valence-electron chi connectivity index (χ2n) is 6.71. The topological polar surface area (TPSA) is 108 Å². The Morgan fingerprint density at radius 2 is 2.15 bits per heavy atom. The molecule has 0 aliphatic carbocycles. The van der Waals surface area contributed by atoms with E-state index in [-0.39, 0.29) is 18.8 Å². The van der Waals surface area contributed by atoms with Crippen LogP contribution in [0.25, 0.3) is 10.8 Å². The maximum Gasteiger partial charge on any atom is 0.403 e. The highest BCUT2D eigenvalue weighted by Crippen LogP contribution is 2.49. The van der Waals surface area contributed by atoms with Crippen molar-refractivity contribution >= 4 is 18.5 Å². The zero-order valence-corrected chi connectivity index (χ0v) is 15.8. The van der Waals surface area contributed by atoms with E-state index < -0.39 is 31.7 Å². The molecule has 5 atom stereocenters. The molecule has 3 heterocycles. The highest BCUT2D eigenvalue weighted by molar-refractivity contribution is 7.50. The van der Waals surface area contributed by atoms with Gasteiger partial charge < -0.3 is 23.6 Å². The Labute approximate surface area is 155 Å². The molecule has 2 aliphatic heterocycles. The SMILES string of the molecule is COC[C@@]12CO[C@@H]([C@H](n3ccc4ccccc4c3=O)O1)[C@@H]2NP(=O)(O)OC. The zero-order valence-electron chi connectivity index (χ0n) is 14.9. The quantitative estimate of drug-likeness (QED) is 0.697. The van der Waals surface area contributed by atoms with Gasteiger partial charge >= 0.3 is 7.75 Å². The first-order valence-corrected chi connectivity index (χ1v) is 10.0. The van der Waals surface area contributed by atoms with Gasteiger partial charge in [-0.1, -0.05) is 18.2 Å². The second kappa shape index (κ2) is 6.79. The number of nitrogens with zero attached hydrogens (tertiary/aromatic N) is 1. The third-order valence-corrected chi connectivity index (χ3v) is 6.20. The minimum absolute atomic E-state index is 0.129. The predicted molar refractivity (Wildman–Crippen MR) is 96.4 cm³/mol.